The highest BCUT2D eigenvalue weighted by atomic mass is 16.1. The lowest BCUT2D eigenvalue weighted by Gasteiger charge is -2.16. The quantitative estimate of drug-likeness (QED) is 0.696. The Morgan fingerprint density at radius 3 is 2.76 bits per heavy atom. The number of likely N-dealkylation sites (N-methyl/N-ethyl adjacent to an activating group) is 2. The van der Waals surface area contributed by atoms with E-state index in [0.29, 0.717) is 6.42 Å². The molecular weight excluding hydrogens is 312 g/mol. The van der Waals surface area contributed by atoms with Crippen molar-refractivity contribution in [2.45, 2.75) is 25.8 Å². The van der Waals surface area contributed by atoms with Crippen LogP contribution in [0.5, 0.6) is 0 Å². The van der Waals surface area contributed by atoms with Gasteiger partial charge in [0.1, 0.15) is 0 Å². The van der Waals surface area contributed by atoms with Crippen LogP contribution in [0.15, 0.2) is 42.5 Å². The van der Waals surface area contributed by atoms with Crippen molar-refractivity contribution in [3.05, 3.63) is 53.7 Å². The highest BCUT2D eigenvalue weighted by Gasteiger charge is 2.08. The highest BCUT2D eigenvalue weighted by molar-refractivity contribution is 5.73. The van der Waals surface area contributed by atoms with E-state index in [0.717, 1.165) is 49.4 Å². The van der Waals surface area contributed by atoms with Crippen LogP contribution in [0.3, 0.4) is 0 Å². The zero-order chi connectivity index (χ0) is 18.1. The predicted octanol–water partition coefficient (Wildman–Crippen LogP) is 2.21. The third-order valence-corrected chi connectivity index (χ3v) is 4.14. The average molecular weight is 340 g/mol. The maximum absolute atomic E-state index is 11.0. The van der Waals surface area contributed by atoms with Gasteiger partial charge in [-0.05, 0) is 44.6 Å². The maximum Gasteiger partial charge on any atom is 0.217 e. The normalized spacial score (nSPS) is 11.0. The number of primary amides is 1. The molecular formula is C20H28N4O. The second-order valence-corrected chi connectivity index (χ2v) is 6.33. The standard InChI is InChI=1S/C20H28N4O/c1-22-13-14-24(2)15-17-9-6-11-19(23-17)18-10-4-3-7-16(18)8-5-12-20(21)25/h3-4,6-7,9-11,22H,5,8,12-15H2,1-2H3,(H2,21,25). The van der Waals surface area contributed by atoms with Crippen molar-refractivity contribution in [3.8, 4) is 11.3 Å². The largest absolute Gasteiger partial charge is 0.370 e. The van der Waals surface area contributed by atoms with Gasteiger partial charge in [-0.15, -0.1) is 0 Å². The smallest absolute Gasteiger partial charge is 0.217 e. The third-order valence-electron chi connectivity index (χ3n) is 4.14. The molecule has 0 unspecified atom stereocenters. The summed E-state index contributed by atoms with van der Waals surface area (Å²) in [6, 6.07) is 14.4. The molecule has 3 N–H and O–H groups in total. The number of benzene rings is 1. The number of aryl methyl sites for hydroxylation is 1. The SMILES string of the molecule is CNCCN(C)Cc1cccc(-c2ccccc2CCCC(N)=O)n1. The number of nitrogens with two attached hydrogens (primary N) is 1. The monoisotopic (exact) mass is 340 g/mol. The zero-order valence-electron chi connectivity index (χ0n) is 15.2. The third kappa shape index (κ3) is 6.29. The minimum atomic E-state index is -0.248. The molecule has 0 aliphatic rings. The number of pyridine rings is 1. The molecule has 0 aliphatic carbocycles. The van der Waals surface area contributed by atoms with Crippen LogP contribution < -0.4 is 11.1 Å². The Kier molecular flexibility index (Phi) is 7.57. The Hall–Kier alpha value is -2.24. The van der Waals surface area contributed by atoms with E-state index in [-0.39, 0.29) is 5.91 Å². The van der Waals surface area contributed by atoms with Crippen LogP contribution in [-0.4, -0.2) is 43.0 Å². The summed E-state index contributed by atoms with van der Waals surface area (Å²) < 4.78 is 0. The Balaban J connectivity index is 2.13. The van der Waals surface area contributed by atoms with Crippen LogP contribution in [-0.2, 0) is 17.8 Å². The molecule has 1 heterocycles. The summed E-state index contributed by atoms with van der Waals surface area (Å²) in [5.74, 6) is -0.248. The number of carbonyl (C=O) groups excluding carboxylic acids is 1. The molecule has 1 amide bonds. The van der Waals surface area contributed by atoms with Crippen molar-refractivity contribution in [3.63, 3.8) is 0 Å². The fraction of sp³-hybridized carbons (Fsp3) is 0.400. The number of carbonyl (C=O) groups is 1. The number of nitrogens with zero attached hydrogens (tertiary/aromatic N) is 2. The number of amides is 1. The predicted molar refractivity (Wildman–Crippen MR) is 102 cm³/mol. The Bertz CT molecular complexity index is 687. The summed E-state index contributed by atoms with van der Waals surface area (Å²) in [4.78, 5) is 18.1. The summed E-state index contributed by atoms with van der Waals surface area (Å²) in [5.41, 5.74) is 9.62. The van der Waals surface area contributed by atoms with Gasteiger partial charge in [0.15, 0.2) is 0 Å². The number of hydrogen-bond donors (Lipinski definition) is 2. The fourth-order valence-corrected chi connectivity index (χ4v) is 2.82. The summed E-state index contributed by atoms with van der Waals surface area (Å²) in [5, 5.41) is 3.16. The molecule has 0 aliphatic heterocycles. The summed E-state index contributed by atoms with van der Waals surface area (Å²) >= 11 is 0. The Labute approximate surface area is 150 Å². The molecule has 0 saturated carbocycles. The van der Waals surface area contributed by atoms with E-state index >= 15 is 0 Å². The maximum atomic E-state index is 11.0. The van der Waals surface area contributed by atoms with Gasteiger partial charge in [0.05, 0.1) is 11.4 Å². The van der Waals surface area contributed by atoms with Crippen molar-refractivity contribution in [2.75, 3.05) is 27.2 Å². The Morgan fingerprint density at radius 2 is 2.00 bits per heavy atom. The lowest BCUT2D eigenvalue weighted by molar-refractivity contribution is -0.118. The summed E-state index contributed by atoms with van der Waals surface area (Å²) in [7, 11) is 4.06. The molecule has 0 radical (unpaired) electrons. The number of aromatic nitrogens is 1. The second kappa shape index (κ2) is 9.91. The van der Waals surface area contributed by atoms with Gasteiger partial charge in [0.2, 0.25) is 5.91 Å². The van der Waals surface area contributed by atoms with Crippen LogP contribution >= 0.6 is 0 Å². The summed E-state index contributed by atoms with van der Waals surface area (Å²) in [6.07, 6.45) is 2.00. The number of rotatable bonds is 10. The van der Waals surface area contributed by atoms with Gasteiger partial charge in [0.25, 0.3) is 0 Å². The lowest BCUT2D eigenvalue weighted by Crippen LogP contribution is -2.27. The molecule has 2 rings (SSSR count). The topological polar surface area (TPSA) is 71.2 Å². The molecule has 0 bridgehead atoms. The van der Waals surface area contributed by atoms with Crippen molar-refractivity contribution >= 4 is 5.91 Å². The average Bonchev–Trinajstić information content (AvgIpc) is 2.60. The van der Waals surface area contributed by atoms with Gasteiger partial charge in [-0.2, -0.15) is 0 Å². The molecule has 25 heavy (non-hydrogen) atoms. The Morgan fingerprint density at radius 1 is 1.20 bits per heavy atom. The van der Waals surface area contributed by atoms with Gasteiger partial charge in [0, 0.05) is 31.6 Å². The molecule has 0 fully saturated rings. The molecule has 1 aromatic carbocycles. The van der Waals surface area contributed by atoms with Crippen molar-refractivity contribution < 1.29 is 4.79 Å². The minimum absolute atomic E-state index is 0.248. The molecule has 5 nitrogen and oxygen atoms in total. The van der Waals surface area contributed by atoms with Gasteiger partial charge in [-0.25, -0.2) is 0 Å². The fourth-order valence-electron chi connectivity index (χ4n) is 2.82. The van der Waals surface area contributed by atoms with Crippen LogP contribution in [0.4, 0.5) is 0 Å². The first-order chi connectivity index (χ1) is 12.1. The van der Waals surface area contributed by atoms with Gasteiger partial charge < -0.3 is 11.1 Å². The van der Waals surface area contributed by atoms with E-state index in [4.69, 9.17) is 10.7 Å². The molecule has 0 atom stereocenters. The van der Waals surface area contributed by atoms with Gasteiger partial charge in [-0.1, -0.05) is 30.3 Å². The molecule has 5 heteroatoms. The number of hydrogen-bond acceptors (Lipinski definition) is 4. The van der Waals surface area contributed by atoms with Crippen LogP contribution in [0.1, 0.15) is 24.1 Å². The van der Waals surface area contributed by atoms with E-state index in [1.165, 1.54) is 5.56 Å². The number of nitrogens with one attached hydrogen (secondary N) is 1. The second-order valence-electron chi connectivity index (χ2n) is 6.33. The highest BCUT2D eigenvalue weighted by Crippen LogP contribution is 2.23. The zero-order valence-corrected chi connectivity index (χ0v) is 15.2. The van der Waals surface area contributed by atoms with Crippen molar-refractivity contribution in [2.24, 2.45) is 5.73 Å². The first-order valence-electron chi connectivity index (χ1n) is 8.76. The molecule has 1 aromatic heterocycles. The van der Waals surface area contributed by atoms with Crippen LogP contribution in [0.2, 0.25) is 0 Å². The molecule has 134 valence electrons. The first-order valence-corrected chi connectivity index (χ1v) is 8.76. The van der Waals surface area contributed by atoms with E-state index in [9.17, 15) is 4.79 Å². The molecule has 0 saturated heterocycles. The lowest BCUT2D eigenvalue weighted by atomic mass is 9.99. The molecule has 0 spiro atoms. The van der Waals surface area contributed by atoms with E-state index < -0.39 is 0 Å². The van der Waals surface area contributed by atoms with Crippen LogP contribution in [0.25, 0.3) is 11.3 Å². The van der Waals surface area contributed by atoms with Crippen molar-refractivity contribution in [1.29, 1.82) is 0 Å². The van der Waals surface area contributed by atoms with Gasteiger partial charge in [-0.3, -0.25) is 14.7 Å². The van der Waals surface area contributed by atoms with Crippen LogP contribution in [0, 0.1) is 0 Å². The first kappa shape index (κ1) is 19.1. The van der Waals surface area contributed by atoms with Gasteiger partial charge >= 0.3 is 0 Å². The summed E-state index contributed by atoms with van der Waals surface area (Å²) in [6.45, 7) is 2.75. The van der Waals surface area contributed by atoms with E-state index in [2.05, 4.69) is 41.5 Å². The minimum Gasteiger partial charge on any atom is -0.370 e. The van der Waals surface area contributed by atoms with E-state index in [1.807, 2.05) is 25.2 Å². The van der Waals surface area contributed by atoms with E-state index in [1.54, 1.807) is 0 Å². The molecule has 2 aromatic rings. The van der Waals surface area contributed by atoms with Crippen molar-refractivity contribution in [1.82, 2.24) is 15.2 Å².